The lowest BCUT2D eigenvalue weighted by Crippen LogP contribution is -2.35. The molecule has 0 radical (unpaired) electrons. The summed E-state index contributed by atoms with van der Waals surface area (Å²) in [6.07, 6.45) is 4.82. The van der Waals surface area contributed by atoms with Crippen molar-refractivity contribution in [1.29, 1.82) is 0 Å². The normalized spacial score (nSPS) is 20.0. The quantitative estimate of drug-likeness (QED) is 0.114. The number of fused-ring (bicyclic) bond motifs is 1. The molecule has 3 saturated heterocycles. The molecule has 14 heteroatoms. The molecule has 2 amide bonds. The minimum absolute atomic E-state index is 0.0497. The number of likely N-dealkylation sites (tertiary alicyclic amines) is 1. The number of carbonyl (C=O) groups excluding carboxylic acids is 2. The maximum atomic E-state index is 11.9. The number of aryl methyl sites for hydroxylation is 1. The van der Waals surface area contributed by atoms with Gasteiger partial charge in [0.05, 0.1) is 39.8 Å². The molecule has 2 aromatic carbocycles. The van der Waals surface area contributed by atoms with Gasteiger partial charge in [-0.2, -0.15) is 0 Å². The van der Waals surface area contributed by atoms with E-state index in [2.05, 4.69) is 31.2 Å². The monoisotopic (exact) mass is 770 g/mol. The van der Waals surface area contributed by atoms with Crippen LogP contribution in [0.3, 0.4) is 0 Å². The molecule has 6 heterocycles. The molecule has 0 aliphatic carbocycles. The van der Waals surface area contributed by atoms with Crippen LogP contribution in [0.15, 0.2) is 54.7 Å². The molecule has 8 rings (SSSR count). The lowest BCUT2D eigenvalue weighted by atomic mass is 9.86. The van der Waals surface area contributed by atoms with Gasteiger partial charge in [0.2, 0.25) is 17.7 Å². The van der Waals surface area contributed by atoms with Crippen molar-refractivity contribution in [2.45, 2.75) is 51.7 Å². The summed E-state index contributed by atoms with van der Waals surface area (Å²) in [6.45, 7) is 6.62. The zero-order chi connectivity index (χ0) is 36.7. The van der Waals surface area contributed by atoms with E-state index in [1.54, 1.807) is 24.6 Å². The predicted octanol–water partition coefficient (Wildman–Crippen LogP) is 6.87. The largest absolute Gasteiger partial charge is 0.481 e. The molecule has 3 aliphatic heterocycles. The lowest BCUT2D eigenvalue weighted by Gasteiger charge is -2.21. The molecular weight excluding hydrogens is 731 g/mol. The first-order chi connectivity index (χ1) is 25.7. The summed E-state index contributed by atoms with van der Waals surface area (Å²) in [5.74, 6) is 1.40. The maximum absolute atomic E-state index is 11.9. The average Bonchev–Trinajstić information content (AvgIpc) is 3.94. The fraction of sp³-hybridized carbons (Fsp3) is 0.359. The van der Waals surface area contributed by atoms with Crippen LogP contribution in [0, 0.1) is 12.3 Å². The van der Waals surface area contributed by atoms with Crippen LogP contribution in [-0.2, 0) is 22.7 Å². The summed E-state index contributed by atoms with van der Waals surface area (Å²) < 4.78 is 6.78. The molecule has 0 bridgehead atoms. The van der Waals surface area contributed by atoms with Crippen LogP contribution in [0.1, 0.15) is 41.8 Å². The van der Waals surface area contributed by atoms with Gasteiger partial charge >= 0.3 is 0 Å². The molecule has 1 unspecified atom stereocenters. The van der Waals surface area contributed by atoms with Gasteiger partial charge in [-0.1, -0.05) is 53.5 Å². The Bertz CT molecular complexity index is 2230. The number of rotatable bonds is 11. The van der Waals surface area contributed by atoms with Gasteiger partial charge in [0.15, 0.2) is 5.82 Å². The molecule has 274 valence electrons. The molecule has 3 aliphatic rings. The van der Waals surface area contributed by atoms with E-state index in [4.69, 9.17) is 37.9 Å². The van der Waals surface area contributed by atoms with Crippen molar-refractivity contribution in [2.75, 3.05) is 38.6 Å². The summed E-state index contributed by atoms with van der Waals surface area (Å²) in [4.78, 5) is 40.4. The van der Waals surface area contributed by atoms with E-state index in [0.717, 1.165) is 82.1 Å². The highest BCUT2D eigenvalue weighted by molar-refractivity contribution is 7.18. The number of thiazole rings is 1. The van der Waals surface area contributed by atoms with Crippen LogP contribution in [0.4, 0.5) is 11.5 Å². The summed E-state index contributed by atoms with van der Waals surface area (Å²) >= 11 is 16.0. The van der Waals surface area contributed by atoms with Gasteiger partial charge in [0.1, 0.15) is 10.5 Å². The van der Waals surface area contributed by atoms with Crippen LogP contribution in [0.5, 0.6) is 5.88 Å². The second-order valence-corrected chi connectivity index (χ2v) is 16.1. The fourth-order valence-electron chi connectivity index (χ4n) is 7.75. The van der Waals surface area contributed by atoms with E-state index in [0.29, 0.717) is 59.1 Å². The van der Waals surface area contributed by atoms with E-state index >= 15 is 0 Å². The van der Waals surface area contributed by atoms with Crippen molar-refractivity contribution in [3.63, 3.8) is 0 Å². The second-order valence-electron chi connectivity index (χ2n) is 14.2. The van der Waals surface area contributed by atoms with Crippen molar-refractivity contribution >= 4 is 68.1 Å². The summed E-state index contributed by atoms with van der Waals surface area (Å²) in [7, 11) is 1.62. The zero-order valence-corrected chi connectivity index (χ0v) is 31.9. The number of ether oxygens (including phenoxy) is 1. The molecule has 11 nitrogen and oxygen atoms in total. The highest BCUT2D eigenvalue weighted by atomic mass is 35.5. The number of hydrogen-bond acceptors (Lipinski definition) is 10. The van der Waals surface area contributed by atoms with Gasteiger partial charge < -0.3 is 26.0 Å². The number of pyridine rings is 2. The number of nitrogens with zero attached hydrogens (tertiary/aromatic N) is 4. The summed E-state index contributed by atoms with van der Waals surface area (Å²) in [5, 5.41) is 14.9. The number of amides is 2. The Kier molecular flexibility index (Phi) is 9.99. The Morgan fingerprint density at radius 3 is 2.64 bits per heavy atom. The molecule has 5 aromatic rings. The first-order valence-corrected chi connectivity index (χ1v) is 19.4. The van der Waals surface area contributed by atoms with Gasteiger partial charge in [-0.15, -0.1) is 11.3 Å². The number of carbonyl (C=O) groups is 2. The fourth-order valence-corrected chi connectivity index (χ4v) is 9.36. The van der Waals surface area contributed by atoms with Gasteiger partial charge in [-0.25, -0.2) is 15.0 Å². The molecule has 3 aromatic heterocycles. The second kappa shape index (κ2) is 14.8. The smallest absolute Gasteiger partial charge is 0.220 e. The van der Waals surface area contributed by atoms with Crippen LogP contribution in [0.2, 0.25) is 10.0 Å². The number of benzene rings is 2. The standard InChI is InChI=1S/C39H40Cl2N8O3S/c1-22-15-29(47-38(52-2)27(22)18-42-17-23-9-10-31(50)45-23)26-7-3-5-24(34(26)40)25-6-4-8-28(35(25)41)46-37-36-30(11-13-43-37)53-33(48-36)19-49-14-12-39(21-49)16-32(51)44-20-39/h3-8,11,13,15,23,42H,9-10,12,14,16-21H2,1-2H3,(H,43,46)(H,44,51)(H,45,50)/t23-,39?/m0/s1. The number of nitrogens with one attached hydrogen (secondary N) is 4. The Morgan fingerprint density at radius 2 is 1.87 bits per heavy atom. The first kappa shape index (κ1) is 35.7. The molecule has 0 saturated carbocycles. The van der Waals surface area contributed by atoms with Gasteiger partial charge in [0, 0.05) is 78.9 Å². The van der Waals surface area contributed by atoms with Crippen molar-refractivity contribution < 1.29 is 14.3 Å². The van der Waals surface area contributed by atoms with E-state index in [1.807, 2.05) is 55.5 Å². The van der Waals surface area contributed by atoms with Crippen molar-refractivity contribution in [3.05, 3.63) is 80.9 Å². The van der Waals surface area contributed by atoms with Gasteiger partial charge in [0.25, 0.3) is 0 Å². The third kappa shape index (κ3) is 7.30. The maximum Gasteiger partial charge on any atom is 0.220 e. The molecule has 1 spiro atoms. The first-order valence-electron chi connectivity index (χ1n) is 17.8. The van der Waals surface area contributed by atoms with Crippen molar-refractivity contribution in [3.8, 4) is 28.3 Å². The Hall–Kier alpha value is -4.33. The van der Waals surface area contributed by atoms with E-state index in [-0.39, 0.29) is 23.3 Å². The average molecular weight is 772 g/mol. The highest BCUT2D eigenvalue weighted by Crippen LogP contribution is 2.43. The number of methoxy groups -OCH3 is 1. The van der Waals surface area contributed by atoms with E-state index < -0.39 is 0 Å². The minimum atomic E-state index is 0.0497. The highest BCUT2D eigenvalue weighted by Gasteiger charge is 2.43. The summed E-state index contributed by atoms with van der Waals surface area (Å²) in [5.41, 5.74) is 6.48. The van der Waals surface area contributed by atoms with Gasteiger partial charge in [-0.05, 0) is 50.1 Å². The molecule has 3 fully saturated rings. The lowest BCUT2D eigenvalue weighted by molar-refractivity contribution is -0.120. The van der Waals surface area contributed by atoms with E-state index in [1.165, 1.54) is 0 Å². The number of anilines is 2. The van der Waals surface area contributed by atoms with Crippen LogP contribution < -0.4 is 26.0 Å². The number of halogens is 2. The predicted molar refractivity (Wildman–Crippen MR) is 210 cm³/mol. The Labute approximate surface area is 321 Å². The minimum Gasteiger partial charge on any atom is -0.481 e. The molecule has 2 atom stereocenters. The Morgan fingerprint density at radius 1 is 1.06 bits per heavy atom. The number of hydrogen-bond donors (Lipinski definition) is 4. The van der Waals surface area contributed by atoms with Gasteiger partial charge in [-0.3, -0.25) is 14.5 Å². The zero-order valence-electron chi connectivity index (χ0n) is 29.5. The SMILES string of the molecule is COc1nc(-c2cccc(-c3cccc(Nc4nccc5sc(CN6CCC7(CNC(=O)C7)C6)nc45)c3Cl)c2Cl)cc(C)c1CNC[C@@H]1CCC(=O)N1. The van der Waals surface area contributed by atoms with Crippen LogP contribution in [0.25, 0.3) is 32.6 Å². The topological polar surface area (TPSA) is 133 Å². The van der Waals surface area contributed by atoms with Crippen LogP contribution >= 0.6 is 34.5 Å². The van der Waals surface area contributed by atoms with Crippen LogP contribution in [-0.4, -0.2) is 71.0 Å². The molecule has 4 N–H and O–H groups in total. The Balaban J connectivity index is 1.01. The van der Waals surface area contributed by atoms with Crippen molar-refractivity contribution in [2.24, 2.45) is 5.41 Å². The third-order valence-corrected chi connectivity index (χ3v) is 12.3. The summed E-state index contributed by atoms with van der Waals surface area (Å²) in [6, 6.07) is 15.8. The third-order valence-electron chi connectivity index (χ3n) is 10.5. The van der Waals surface area contributed by atoms with E-state index in [9.17, 15) is 9.59 Å². The molecule has 53 heavy (non-hydrogen) atoms. The molecular formula is C39H40Cl2N8O3S. The number of aromatic nitrogens is 3. The van der Waals surface area contributed by atoms with Crippen molar-refractivity contribution in [1.82, 2.24) is 35.8 Å².